The normalized spacial score (nSPS) is 24.8. The third-order valence-electron chi connectivity index (χ3n) is 3.48. The Labute approximate surface area is 109 Å². The van der Waals surface area contributed by atoms with E-state index in [4.69, 9.17) is 9.84 Å². The van der Waals surface area contributed by atoms with Gasteiger partial charge in [0.25, 0.3) is 0 Å². The van der Waals surface area contributed by atoms with Crippen molar-refractivity contribution in [3.8, 4) is 0 Å². The molecule has 0 bridgehead atoms. The summed E-state index contributed by atoms with van der Waals surface area (Å²) in [6.45, 7) is 5.62. The van der Waals surface area contributed by atoms with Crippen LogP contribution in [-0.2, 0) is 4.74 Å². The van der Waals surface area contributed by atoms with E-state index in [1.165, 1.54) is 0 Å². The van der Waals surface area contributed by atoms with Crippen molar-refractivity contribution in [2.24, 2.45) is 5.92 Å². The fourth-order valence-electron chi connectivity index (χ4n) is 2.32. The summed E-state index contributed by atoms with van der Waals surface area (Å²) in [6, 6.07) is -0.0103. The molecule has 3 atom stereocenters. The van der Waals surface area contributed by atoms with E-state index < -0.39 is 0 Å². The van der Waals surface area contributed by atoms with E-state index in [0.717, 1.165) is 32.3 Å². The Morgan fingerprint density at radius 1 is 1.50 bits per heavy atom. The molecule has 5 heteroatoms. The average molecular weight is 258 g/mol. The van der Waals surface area contributed by atoms with E-state index >= 15 is 0 Å². The molecule has 1 aliphatic heterocycles. The number of rotatable bonds is 7. The number of hydrogen-bond acceptors (Lipinski definition) is 3. The average Bonchev–Trinajstić information content (AvgIpc) is 2.73. The van der Waals surface area contributed by atoms with Crippen molar-refractivity contribution in [1.82, 2.24) is 10.6 Å². The highest BCUT2D eigenvalue weighted by molar-refractivity contribution is 5.74. The summed E-state index contributed by atoms with van der Waals surface area (Å²) in [4.78, 5) is 11.7. The molecule has 2 amide bonds. The lowest BCUT2D eigenvalue weighted by Crippen LogP contribution is -2.46. The van der Waals surface area contributed by atoms with E-state index in [-0.39, 0.29) is 24.8 Å². The molecule has 0 aromatic carbocycles. The van der Waals surface area contributed by atoms with Crippen molar-refractivity contribution in [2.75, 3.05) is 19.8 Å². The van der Waals surface area contributed by atoms with Gasteiger partial charge in [-0.1, -0.05) is 13.3 Å². The molecular formula is C13H26N2O3. The Balaban J connectivity index is 2.22. The number of aliphatic hydroxyl groups excluding tert-OH is 1. The zero-order valence-electron chi connectivity index (χ0n) is 11.4. The number of aliphatic hydroxyl groups is 1. The number of carbonyl (C=O) groups excluding carboxylic acids is 1. The van der Waals surface area contributed by atoms with Gasteiger partial charge in [0.05, 0.1) is 12.1 Å². The number of hydrogen-bond donors (Lipinski definition) is 3. The lowest BCUT2D eigenvalue weighted by Gasteiger charge is -2.19. The van der Waals surface area contributed by atoms with Crippen molar-refractivity contribution in [1.29, 1.82) is 0 Å². The van der Waals surface area contributed by atoms with E-state index in [1.807, 2.05) is 6.92 Å². The fraction of sp³-hybridized carbons (Fsp3) is 0.923. The smallest absolute Gasteiger partial charge is 0.315 e. The van der Waals surface area contributed by atoms with Crippen molar-refractivity contribution in [2.45, 2.75) is 51.7 Å². The quantitative estimate of drug-likeness (QED) is 0.644. The third-order valence-corrected chi connectivity index (χ3v) is 3.48. The van der Waals surface area contributed by atoms with E-state index in [2.05, 4.69) is 17.6 Å². The molecule has 3 unspecified atom stereocenters. The highest BCUT2D eigenvalue weighted by Crippen LogP contribution is 2.12. The molecule has 1 rings (SSSR count). The first-order chi connectivity index (χ1) is 8.67. The minimum atomic E-state index is -0.128. The minimum absolute atomic E-state index is 0.0969. The van der Waals surface area contributed by atoms with Gasteiger partial charge in [-0.15, -0.1) is 0 Å². The van der Waals surface area contributed by atoms with Crippen LogP contribution in [0.1, 0.15) is 39.5 Å². The first kappa shape index (κ1) is 15.2. The second kappa shape index (κ2) is 8.32. The molecule has 0 spiro atoms. The van der Waals surface area contributed by atoms with Gasteiger partial charge in [0.2, 0.25) is 0 Å². The number of urea groups is 1. The molecule has 0 aromatic rings. The van der Waals surface area contributed by atoms with Crippen LogP contribution in [-0.4, -0.2) is 43.0 Å². The second-order valence-electron chi connectivity index (χ2n) is 4.99. The Kier molecular flexibility index (Phi) is 7.05. The molecule has 0 radical (unpaired) electrons. The summed E-state index contributed by atoms with van der Waals surface area (Å²) in [6.07, 6.45) is 3.82. The monoisotopic (exact) mass is 258 g/mol. The largest absolute Gasteiger partial charge is 0.396 e. The molecule has 1 saturated heterocycles. The molecule has 0 aromatic heterocycles. The van der Waals surface area contributed by atoms with Gasteiger partial charge in [-0.2, -0.15) is 0 Å². The standard InChI is InChI=1S/C13H26N2O3/c1-3-4-11(5-7-16)9-14-13(17)15-12-6-8-18-10(12)2/h10-12,16H,3-9H2,1-2H3,(H2,14,15,17). The summed E-state index contributed by atoms with van der Waals surface area (Å²) in [5.41, 5.74) is 0. The highest BCUT2D eigenvalue weighted by atomic mass is 16.5. The van der Waals surface area contributed by atoms with Crippen molar-refractivity contribution >= 4 is 6.03 Å². The summed E-state index contributed by atoms with van der Waals surface area (Å²) in [5, 5.41) is 14.8. The van der Waals surface area contributed by atoms with Gasteiger partial charge < -0.3 is 20.5 Å². The molecular weight excluding hydrogens is 232 g/mol. The summed E-state index contributed by atoms with van der Waals surface area (Å²) in [5.74, 6) is 0.364. The molecule has 106 valence electrons. The van der Waals surface area contributed by atoms with Gasteiger partial charge in [-0.3, -0.25) is 0 Å². The van der Waals surface area contributed by atoms with Crippen molar-refractivity contribution in [3.05, 3.63) is 0 Å². The molecule has 5 nitrogen and oxygen atoms in total. The number of amides is 2. The van der Waals surface area contributed by atoms with E-state index in [9.17, 15) is 4.79 Å². The Morgan fingerprint density at radius 2 is 2.28 bits per heavy atom. The van der Waals surface area contributed by atoms with Crippen LogP contribution in [0.4, 0.5) is 4.79 Å². The maximum Gasteiger partial charge on any atom is 0.315 e. The summed E-state index contributed by atoms with van der Waals surface area (Å²) in [7, 11) is 0. The first-order valence-electron chi connectivity index (χ1n) is 6.94. The molecule has 3 N–H and O–H groups in total. The highest BCUT2D eigenvalue weighted by Gasteiger charge is 2.25. The zero-order chi connectivity index (χ0) is 13.4. The van der Waals surface area contributed by atoms with E-state index in [1.54, 1.807) is 0 Å². The first-order valence-corrected chi connectivity index (χ1v) is 6.94. The van der Waals surface area contributed by atoms with E-state index in [0.29, 0.717) is 12.5 Å². The number of nitrogens with one attached hydrogen (secondary N) is 2. The van der Waals surface area contributed by atoms with Gasteiger partial charge in [0.15, 0.2) is 0 Å². The maximum absolute atomic E-state index is 11.7. The maximum atomic E-state index is 11.7. The van der Waals surface area contributed by atoms with Crippen LogP contribution in [0.3, 0.4) is 0 Å². The van der Waals surface area contributed by atoms with Gasteiger partial charge in [-0.25, -0.2) is 4.79 Å². The third kappa shape index (κ3) is 5.23. The number of ether oxygens (including phenoxy) is 1. The Hall–Kier alpha value is -0.810. The van der Waals surface area contributed by atoms with Crippen LogP contribution in [0.15, 0.2) is 0 Å². The molecule has 1 heterocycles. The van der Waals surface area contributed by atoms with Crippen LogP contribution in [0.25, 0.3) is 0 Å². The minimum Gasteiger partial charge on any atom is -0.396 e. The lowest BCUT2D eigenvalue weighted by molar-refractivity contribution is 0.114. The van der Waals surface area contributed by atoms with Gasteiger partial charge in [-0.05, 0) is 32.1 Å². The van der Waals surface area contributed by atoms with Crippen LogP contribution in [0, 0.1) is 5.92 Å². The van der Waals surface area contributed by atoms with Crippen molar-refractivity contribution < 1.29 is 14.6 Å². The van der Waals surface area contributed by atoms with Crippen LogP contribution >= 0.6 is 0 Å². The SMILES string of the molecule is CCCC(CCO)CNC(=O)NC1CCOC1C. The molecule has 0 saturated carbocycles. The second-order valence-corrected chi connectivity index (χ2v) is 4.99. The van der Waals surface area contributed by atoms with Crippen LogP contribution in [0.2, 0.25) is 0 Å². The summed E-state index contributed by atoms with van der Waals surface area (Å²) < 4.78 is 5.39. The number of carbonyl (C=O) groups is 1. The predicted octanol–water partition coefficient (Wildman–Crippen LogP) is 1.26. The zero-order valence-corrected chi connectivity index (χ0v) is 11.4. The molecule has 0 aliphatic carbocycles. The molecule has 18 heavy (non-hydrogen) atoms. The van der Waals surface area contributed by atoms with Crippen molar-refractivity contribution in [3.63, 3.8) is 0 Å². The topological polar surface area (TPSA) is 70.6 Å². The Bertz CT molecular complexity index is 242. The lowest BCUT2D eigenvalue weighted by atomic mass is 10.0. The fourth-order valence-corrected chi connectivity index (χ4v) is 2.32. The Morgan fingerprint density at radius 3 is 2.83 bits per heavy atom. The molecule has 1 aliphatic rings. The van der Waals surface area contributed by atoms with Gasteiger partial charge >= 0.3 is 6.03 Å². The predicted molar refractivity (Wildman–Crippen MR) is 70.5 cm³/mol. The van der Waals surface area contributed by atoms with Crippen LogP contribution < -0.4 is 10.6 Å². The summed E-state index contributed by atoms with van der Waals surface area (Å²) >= 11 is 0. The van der Waals surface area contributed by atoms with Gasteiger partial charge in [0, 0.05) is 19.8 Å². The van der Waals surface area contributed by atoms with Crippen LogP contribution in [0.5, 0.6) is 0 Å². The molecule has 1 fully saturated rings. The van der Waals surface area contributed by atoms with Gasteiger partial charge in [0.1, 0.15) is 0 Å².